The summed E-state index contributed by atoms with van der Waals surface area (Å²) in [6, 6.07) is 18.7. The number of benzene rings is 2. The second kappa shape index (κ2) is 5.52. The van der Waals surface area contributed by atoms with Crippen LogP contribution in [0.3, 0.4) is 0 Å². The van der Waals surface area contributed by atoms with Gasteiger partial charge in [0.2, 0.25) is 0 Å². The Kier molecular flexibility index (Phi) is 3.22. The Morgan fingerprint density at radius 2 is 1.83 bits per heavy atom. The first-order valence-electron chi connectivity index (χ1n) is 7.42. The van der Waals surface area contributed by atoms with Crippen molar-refractivity contribution in [3.63, 3.8) is 0 Å². The molecule has 0 unspecified atom stereocenters. The van der Waals surface area contributed by atoms with Crippen LogP contribution >= 0.6 is 0 Å². The van der Waals surface area contributed by atoms with E-state index in [9.17, 15) is 4.79 Å². The maximum Gasteiger partial charge on any atom is 0.257 e. The van der Waals surface area contributed by atoms with Gasteiger partial charge in [0.15, 0.2) is 0 Å². The number of H-pyrrole nitrogens is 1. The second-order valence-corrected chi connectivity index (χ2v) is 5.43. The lowest BCUT2D eigenvalue weighted by molar-refractivity contribution is 1.25. The van der Waals surface area contributed by atoms with Gasteiger partial charge < -0.3 is 10.3 Å². The molecule has 5 nitrogen and oxygen atoms in total. The number of fused-ring (bicyclic) bond motifs is 3. The number of anilines is 2. The highest BCUT2D eigenvalue weighted by Crippen LogP contribution is 2.25. The Bertz CT molecular complexity index is 1170. The van der Waals surface area contributed by atoms with Gasteiger partial charge in [-0.15, -0.1) is 0 Å². The Hall–Kier alpha value is -3.65. The third kappa shape index (κ3) is 2.36. The zero-order valence-corrected chi connectivity index (χ0v) is 12.6. The minimum absolute atomic E-state index is 0.158. The van der Waals surface area contributed by atoms with Gasteiger partial charge in [-0.1, -0.05) is 6.07 Å². The largest absolute Gasteiger partial charge is 0.355 e. The highest BCUT2D eigenvalue weighted by Gasteiger charge is 2.07. The van der Waals surface area contributed by atoms with E-state index in [0.717, 1.165) is 22.1 Å². The van der Waals surface area contributed by atoms with Crippen LogP contribution < -0.4 is 10.9 Å². The van der Waals surface area contributed by atoms with Crippen LogP contribution in [0.25, 0.3) is 21.8 Å². The van der Waals surface area contributed by atoms with Crippen LogP contribution in [0.1, 0.15) is 5.56 Å². The number of aromatic amines is 1. The molecule has 0 fully saturated rings. The van der Waals surface area contributed by atoms with Crippen molar-refractivity contribution in [3.8, 4) is 6.07 Å². The third-order valence-electron chi connectivity index (χ3n) is 3.87. The summed E-state index contributed by atoms with van der Waals surface area (Å²) >= 11 is 0. The van der Waals surface area contributed by atoms with Crippen molar-refractivity contribution in [3.05, 3.63) is 76.7 Å². The standard InChI is InChI=1S/C19H12N4O/c20-11-12-3-1-4-13(9-12)22-14-6-7-16-17(10-14)15-5-2-8-21-18(15)23-19(16)24/h1-10,22H,(H,21,23,24). The molecule has 2 N–H and O–H groups in total. The molecule has 0 aliphatic rings. The summed E-state index contributed by atoms with van der Waals surface area (Å²) in [4.78, 5) is 19.2. The van der Waals surface area contributed by atoms with Gasteiger partial charge in [-0.25, -0.2) is 4.98 Å². The fourth-order valence-corrected chi connectivity index (χ4v) is 2.77. The maximum absolute atomic E-state index is 12.2. The van der Waals surface area contributed by atoms with E-state index in [2.05, 4.69) is 21.4 Å². The van der Waals surface area contributed by atoms with E-state index in [0.29, 0.717) is 16.6 Å². The van der Waals surface area contributed by atoms with Crippen LogP contribution in [0.5, 0.6) is 0 Å². The fraction of sp³-hybridized carbons (Fsp3) is 0. The van der Waals surface area contributed by atoms with E-state index in [1.54, 1.807) is 24.4 Å². The Balaban J connectivity index is 1.87. The van der Waals surface area contributed by atoms with Gasteiger partial charge in [0.05, 0.1) is 11.6 Å². The molecule has 2 aromatic heterocycles. The van der Waals surface area contributed by atoms with Crippen LogP contribution in [-0.4, -0.2) is 9.97 Å². The molecular formula is C19H12N4O. The van der Waals surface area contributed by atoms with Gasteiger partial charge in [0, 0.05) is 33.7 Å². The molecule has 114 valence electrons. The first-order valence-corrected chi connectivity index (χ1v) is 7.42. The maximum atomic E-state index is 12.2. The van der Waals surface area contributed by atoms with Gasteiger partial charge in [0.25, 0.3) is 5.56 Å². The highest BCUT2D eigenvalue weighted by molar-refractivity contribution is 6.05. The molecule has 0 aliphatic carbocycles. The average molecular weight is 312 g/mol. The summed E-state index contributed by atoms with van der Waals surface area (Å²) in [6.45, 7) is 0. The van der Waals surface area contributed by atoms with Crippen LogP contribution in [0, 0.1) is 11.3 Å². The van der Waals surface area contributed by atoms with Gasteiger partial charge >= 0.3 is 0 Å². The van der Waals surface area contributed by atoms with E-state index in [1.165, 1.54) is 0 Å². The number of pyridine rings is 2. The first kappa shape index (κ1) is 14.0. The first-order chi connectivity index (χ1) is 11.7. The number of hydrogen-bond donors (Lipinski definition) is 2. The molecule has 0 radical (unpaired) electrons. The lowest BCUT2D eigenvalue weighted by atomic mass is 10.1. The molecule has 4 rings (SSSR count). The normalized spacial score (nSPS) is 10.6. The van der Waals surface area contributed by atoms with E-state index >= 15 is 0 Å². The van der Waals surface area contributed by atoms with Crippen molar-refractivity contribution in [1.82, 2.24) is 9.97 Å². The van der Waals surface area contributed by atoms with Crippen LogP contribution in [0.4, 0.5) is 11.4 Å². The van der Waals surface area contributed by atoms with E-state index in [1.807, 2.05) is 36.4 Å². The summed E-state index contributed by atoms with van der Waals surface area (Å²) < 4.78 is 0. The molecule has 2 aromatic carbocycles. The zero-order valence-electron chi connectivity index (χ0n) is 12.6. The van der Waals surface area contributed by atoms with Crippen molar-refractivity contribution in [2.75, 3.05) is 5.32 Å². The summed E-state index contributed by atoms with van der Waals surface area (Å²) in [7, 11) is 0. The molecule has 0 spiro atoms. The molecule has 0 amide bonds. The molecule has 0 saturated heterocycles. The summed E-state index contributed by atoms with van der Waals surface area (Å²) in [5.41, 5.74) is 2.66. The Labute approximate surface area is 137 Å². The van der Waals surface area contributed by atoms with E-state index in [4.69, 9.17) is 5.26 Å². The van der Waals surface area contributed by atoms with Gasteiger partial charge in [-0.2, -0.15) is 5.26 Å². The second-order valence-electron chi connectivity index (χ2n) is 5.43. The lowest BCUT2D eigenvalue weighted by Gasteiger charge is -2.09. The Morgan fingerprint density at radius 1 is 0.958 bits per heavy atom. The predicted octanol–water partition coefficient (Wildman–Crippen LogP) is 3.69. The minimum Gasteiger partial charge on any atom is -0.355 e. The molecule has 0 saturated carbocycles. The average Bonchev–Trinajstić information content (AvgIpc) is 2.62. The smallest absolute Gasteiger partial charge is 0.257 e. The number of hydrogen-bond acceptors (Lipinski definition) is 4. The van der Waals surface area contributed by atoms with Crippen LogP contribution in [-0.2, 0) is 0 Å². The molecule has 0 aliphatic heterocycles. The number of rotatable bonds is 2. The number of nitrogens with one attached hydrogen (secondary N) is 2. The van der Waals surface area contributed by atoms with Crippen molar-refractivity contribution in [1.29, 1.82) is 5.26 Å². The molecule has 5 heteroatoms. The number of nitriles is 1. The quantitative estimate of drug-likeness (QED) is 0.553. The minimum atomic E-state index is -0.158. The molecule has 24 heavy (non-hydrogen) atoms. The van der Waals surface area contributed by atoms with E-state index in [-0.39, 0.29) is 5.56 Å². The van der Waals surface area contributed by atoms with Crippen LogP contribution in [0.15, 0.2) is 65.6 Å². The fourth-order valence-electron chi connectivity index (χ4n) is 2.77. The predicted molar refractivity (Wildman–Crippen MR) is 94.3 cm³/mol. The SMILES string of the molecule is N#Cc1cccc(Nc2ccc3c(=O)[nH]c4ncccc4c3c2)c1. The number of nitrogens with zero attached hydrogens (tertiary/aromatic N) is 2. The molecule has 0 bridgehead atoms. The summed E-state index contributed by atoms with van der Waals surface area (Å²) in [6.07, 6.45) is 1.65. The zero-order chi connectivity index (χ0) is 16.5. The van der Waals surface area contributed by atoms with Crippen LogP contribution in [0.2, 0.25) is 0 Å². The topological polar surface area (TPSA) is 81.6 Å². The molecule has 2 heterocycles. The van der Waals surface area contributed by atoms with Crippen molar-refractivity contribution in [2.45, 2.75) is 0 Å². The highest BCUT2D eigenvalue weighted by atomic mass is 16.1. The van der Waals surface area contributed by atoms with Gasteiger partial charge in [-0.05, 0) is 48.5 Å². The van der Waals surface area contributed by atoms with Crippen molar-refractivity contribution >= 4 is 33.2 Å². The van der Waals surface area contributed by atoms with Crippen molar-refractivity contribution < 1.29 is 0 Å². The molecule has 4 aromatic rings. The van der Waals surface area contributed by atoms with Gasteiger partial charge in [-0.3, -0.25) is 4.79 Å². The summed E-state index contributed by atoms with van der Waals surface area (Å²) in [5, 5.41) is 14.6. The molecular weight excluding hydrogens is 300 g/mol. The van der Waals surface area contributed by atoms with Crippen molar-refractivity contribution in [2.24, 2.45) is 0 Å². The monoisotopic (exact) mass is 312 g/mol. The lowest BCUT2D eigenvalue weighted by Crippen LogP contribution is -2.07. The van der Waals surface area contributed by atoms with Gasteiger partial charge in [0.1, 0.15) is 5.65 Å². The summed E-state index contributed by atoms with van der Waals surface area (Å²) in [5.74, 6) is 0. The van der Waals surface area contributed by atoms with E-state index < -0.39 is 0 Å². The Morgan fingerprint density at radius 3 is 2.71 bits per heavy atom. The molecule has 0 atom stereocenters. The third-order valence-corrected chi connectivity index (χ3v) is 3.87. The number of aromatic nitrogens is 2.